The van der Waals surface area contributed by atoms with Crippen molar-refractivity contribution in [2.75, 3.05) is 30.1 Å². The quantitative estimate of drug-likeness (QED) is 0.882. The van der Waals surface area contributed by atoms with Crippen LogP contribution >= 0.6 is 0 Å². The minimum absolute atomic E-state index is 0.170. The van der Waals surface area contributed by atoms with Crippen LogP contribution in [-0.2, 0) is 19.6 Å². The van der Waals surface area contributed by atoms with Gasteiger partial charge in [0, 0.05) is 7.05 Å². The maximum Gasteiger partial charge on any atom is 0.250 e. The summed E-state index contributed by atoms with van der Waals surface area (Å²) in [5, 5.41) is 2.72. The van der Waals surface area contributed by atoms with E-state index in [9.17, 15) is 18.0 Å². The number of rotatable bonds is 4. The van der Waals surface area contributed by atoms with E-state index in [0.717, 1.165) is 10.6 Å². The number of fused-ring (bicyclic) bond motifs is 1. The van der Waals surface area contributed by atoms with Crippen molar-refractivity contribution in [3.8, 4) is 0 Å². The molecule has 3 rings (SSSR count). The lowest BCUT2D eigenvalue weighted by Gasteiger charge is -2.34. The van der Waals surface area contributed by atoms with Crippen molar-refractivity contribution in [1.82, 2.24) is 4.31 Å². The van der Waals surface area contributed by atoms with Crippen LogP contribution in [0.4, 0.5) is 11.4 Å². The van der Waals surface area contributed by atoms with E-state index >= 15 is 0 Å². The molecule has 0 aromatic heterocycles. The van der Waals surface area contributed by atoms with Crippen LogP contribution in [0.2, 0.25) is 0 Å². The minimum atomic E-state index is -3.64. The van der Waals surface area contributed by atoms with Gasteiger partial charge in [0.25, 0.3) is 5.91 Å². The zero-order valence-electron chi connectivity index (χ0n) is 14.4. The van der Waals surface area contributed by atoms with Crippen molar-refractivity contribution in [1.29, 1.82) is 0 Å². The summed E-state index contributed by atoms with van der Waals surface area (Å²) in [5.41, 5.74) is 1.60. The number of nitrogens with zero attached hydrogens (tertiary/aromatic N) is 2. The summed E-state index contributed by atoms with van der Waals surface area (Å²) < 4.78 is 25.3. The second-order valence-corrected chi connectivity index (χ2v) is 8.12. The molecule has 1 aliphatic heterocycles. The van der Waals surface area contributed by atoms with Gasteiger partial charge in [-0.3, -0.25) is 14.5 Å². The number of carbonyl (C=O) groups excluding carboxylic acids is 2. The summed E-state index contributed by atoms with van der Waals surface area (Å²) in [5.74, 6) is -0.808. The predicted molar refractivity (Wildman–Crippen MR) is 99.2 cm³/mol. The molecule has 2 aromatic carbocycles. The third-order valence-corrected chi connectivity index (χ3v) is 5.53. The van der Waals surface area contributed by atoms with Crippen LogP contribution in [0.25, 0.3) is 0 Å². The van der Waals surface area contributed by atoms with Crippen LogP contribution in [0.15, 0.2) is 54.6 Å². The number of likely N-dealkylation sites (N-methyl/N-ethyl adjacent to an activating group) is 1. The molecule has 1 aliphatic rings. The second-order valence-electron chi connectivity index (χ2n) is 6.08. The average molecular weight is 373 g/mol. The van der Waals surface area contributed by atoms with Gasteiger partial charge in [-0.1, -0.05) is 42.5 Å². The lowest BCUT2D eigenvalue weighted by Crippen LogP contribution is -2.48. The van der Waals surface area contributed by atoms with Crippen LogP contribution in [0.3, 0.4) is 0 Å². The highest BCUT2D eigenvalue weighted by Crippen LogP contribution is 2.33. The number of sulfonamides is 1. The van der Waals surface area contributed by atoms with Gasteiger partial charge in [0.05, 0.1) is 17.6 Å². The van der Waals surface area contributed by atoms with Crippen molar-refractivity contribution in [2.24, 2.45) is 0 Å². The van der Waals surface area contributed by atoms with Crippen LogP contribution in [0.5, 0.6) is 0 Å². The first-order chi connectivity index (χ1) is 12.3. The van der Waals surface area contributed by atoms with Crippen LogP contribution in [0, 0.1) is 0 Å². The van der Waals surface area contributed by atoms with Crippen molar-refractivity contribution in [2.45, 2.75) is 6.04 Å². The molecule has 0 saturated carbocycles. The molecule has 2 aromatic rings. The molecule has 26 heavy (non-hydrogen) atoms. The maximum absolute atomic E-state index is 13.3. The van der Waals surface area contributed by atoms with Gasteiger partial charge in [-0.2, -0.15) is 4.31 Å². The standard InChI is InChI=1S/C18H19N3O4S/c1-20(26(2,24)25)17(13-8-4-3-5-9-13)18(23)21-12-16(22)19-14-10-6-7-11-15(14)21/h3-11,17H,12H2,1-2H3,(H,19,22)/t17-/m1/s1. The van der Waals surface area contributed by atoms with E-state index < -0.39 is 22.0 Å². The summed E-state index contributed by atoms with van der Waals surface area (Å²) in [4.78, 5) is 26.7. The van der Waals surface area contributed by atoms with E-state index in [0.29, 0.717) is 16.9 Å². The maximum atomic E-state index is 13.3. The van der Waals surface area contributed by atoms with Gasteiger partial charge in [-0.15, -0.1) is 0 Å². The zero-order chi connectivity index (χ0) is 18.9. The van der Waals surface area contributed by atoms with Gasteiger partial charge in [-0.25, -0.2) is 8.42 Å². The van der Waals surface area contributed by atoms with Crippen molar-refractivity contribution in [3.63, 3.8) is 0 Å². The SMILES string of the molecule is CN([C@@H](C(=O)N1CC(=O)Nc2ccccc21)c1ccccc1)S(C)(=O)=O. The van der Waals surface area contributed by atoms with Crippen LogP contribution in [0.1, 0.15) is 11.6 Å². The fraction of sp³-hybridized carbons (Fsp3) is 0.222. The number of hydrogen-bond acceptors (Lipinski definition) is 4. The Morgan fingerprint density at radius 2 is 1.73 bits per heavy atom. The Bertz CT molecular complexity index is 944. The van der Waals surface area contributed by atoms with Crippen LogP contribution in [-0.4, -0.2) is 44.4 Å². The zero-order valence-corrected chi connectivity index (χ0v) is 15.2. The van der Waals surface area contributed by atoms with Gasteiger partial charge in [0.1, 0.15) is 12.6 Å². The Kier molecular flexibility index (Phi) is 4.80. The Morgan fingerprint density at radius 3 is 2.38 bits per heavy atom. The molecule has 2 amide bonds. The monoisotopic (exact) mass is 373 g/mol. The smallest absolute Gasteiger partial charge is 0.250 e. The van der Waals surface area contributed by atoms with Gasteiger partial charge < -0.3 is 5.32 Å². The molecule has 0 bridgehead atoms. The number of hydrogen-bond donors (Lipinski definition) is 1. The first-order valence-corrected chi connectivity index (χ1v) is 9.82. The predicted octanol–water partition coefficient (Wildman–Crippen LogP) is 1.60. The molecule has 8 heteroatoms. The third-order valence-electron chi connectivity index (χ3n) is 4.27. The minimum Gasteiger partial charge on any atom is -0.323 e. The molecule has 0 unspecified atom stereocenters. The highest BCUT2D eigenvalue weighted by Gasteiger charge is 2.37. The van der Waals surface area contributed by atoms with Crippen molar-refractivity contribution in [3.05, 3.63) is 60.2 Å². The third kappa shape index (κ3) is 3.47. The van der Waals surface area contributed by atoms with E-state index in [1.54, 1.807) is 54.6 Å². The fourth-order valence-corrected chi connectivity index (χ4v) is 3.51. The Morgan fingerprint density at radius 1 is 1.12 bits per heavy atom. The number of amides is 2. The lowest BCUT2D eigenvalue weighted by molar-refractivity contribution is -0.124. The Hall–Kier alpha value is -2.71. The van der Waals surface area contributed by atoms with Gasteiger partial charge >= 0.3 is 0 Å². The first-order valence-electron chi connectivity index (χ1n) is 7.97. The molecule has 0 radical (unpaired) electrons. The average Bonchev–Trinajstić information content (AvgIpc) is 2.61. The number of nitrogens with one attached hydrogen (secondary N) is 1. The molecule has 1 atom stereocenters. The molecular weight excluding hydrogens is 354 g/mol. The molecular formula is C18H19N3O4S. The van der Waals surface area contributed by atoms with E-state index in [1.807, 2.05) is 0 Å². The molecule has 7 nitrogen and oxygen atoms in total. The summed E-state index contributed by atoms with van der Waals surface area (Å²) in [7, 11) is -2.28. The largest absolute Gasteiger partial charge is 0.323 e. The number of carbonyl (C=O) groups is 2. The topological polar surface area (TPSA) is 86.8 Å². The lowest BCUT2D eigenvalue weighted by atomic mass is 10.0. The number of benzene rings is 2. The van der Waals surface area contributed by atoms with Crippen LogP contribution < -0.4 is 10.2 Å². The Balaban J connectivity index is 2.08. The highest BCUT2D eigenvalue weighted by molar-refractivity contribution is 7.88. The fourth-order valence-electron chi connectivity index (χ4n) is 2.91. The van der Waals surface area contributed by atoms with Gasteiger partial charge in [-0.05, 0) is 17.7 Å². The molecule has 1 heterocycles. The van der Waals surface area contributed by atoms with E-state index in [2.05, 4.69) is 5.32 Å². The van der Waals surface area contributed by atoms with Crippen molar-refractivity contribution >= 4 is 33.2 Å². The molecule has 0 spiro atoms. The first kappa shape index (κ1) is 18.1. The summed E-state index contributed by atoms with van der Waals surface area (Å²) in [6.45, 7) is -0.170. The number of para-hydroxylation sites is 2. The summed E-state index contributed by atoms with van der Waals surface area (Å²) >= 11 is 0. The van der Waals surface area contributed by atoms with Gasteiger partial charge in [0.15, 0.2) is 0 Å². The molecule has 0 aliphatic carbocycles. The second kappa shape index (κ2) is 6.89. The van der Waals surface area contributed by atoms with E-state index in [-0.39, 0.29) is 12.5 Å². The number of anilines is 2. The van der Waals surface area contributed by atoms with Crippen molar-refractivity contribution < 1.29 is 18.0 Å². The summed E-state index contributed by atoms with van der Waals surface area (Å²) in [6, 6.07) is 14.5. The van der Waals surface area contributed by atoms with E-state index in [1.165, 1.54) is 11.9 Å². The molecule has 0 saturated heterocycles. The molecule has 0 fully saturated rings. The molecule has 1 N–H and O–H groups in total. The Labute approximate surface area is 152 Å². The summed E-state index contributed by atoms with van der Waals surface area (Å²) in [6.07, 6.45) is 1.05. The van der Waals surface area contributed by atoms with Gasteiger partial charge in [0.2, 0.25) is 15.9 Å². The van der Waals surface area contributed by atoms with E-state index in [4.69, 9.17) is 0 Å². The normalized spacial score (nSPS) is 15.3. The highest BCUT2D eigenvalue weighted by atomic mass is 32.2. The molecule has 136 valence electrons.